The van der Waals surface area contributed by atoms with E-state index in [4.69, 9.17) is 4.42 Å². The number of hydrogen-bond donors (Lipinski definition) is 3. The molecule has 0 aliphatic rings. The van der Waals surface area contributed by atoms with Crippen LogP contribution in [0.25, 0.3) is 0 Å². The quantitative estimate of drug-likeness (QED) is 0.672. The summed E-state index contributed by atoms with van der Waals surface area (Å²) in [6.07, 6.45) is 4.77. The lowest BCUT2D eigenvalue weighted by molar-refractivity contribution is -0.115. The van der Waals surface area contributed by atoms with Gasteiger partial charge in [-0.25, -0.2) is 4.98 Å². The van der Waals surface area contributed by atoms with E-state index < -0.39 is 0 Å². The van der Waals surface area contributed by atoms with Crippen LogP contribution in [0.1, 0.15) is 21.8 Å². The number of imidazole rings is 1. The van der Waals surface area contributed by atoms with Crippen molar-refractivity contribution in [3.63, 3.8) is 0 Å². The molecule has 7 heteroatoms. The Bertz CT molecular complexity index is 835. The Kier molecular flexibility index (Phi) is 4.42. The van der Waals surface area contributed by atoms with Crippen molar-refractivity contribution in [1.82, 2.24) is 9.97 Å². The van der Waals surface area contributed by atoms with E-state index in [0.29, 0.717) is 22.7 Å². The fraction of sp³-hybridized carbons (Fsp3) is 0.118. The van der Waals surface area contributed by atoms with Gasteiger partial charge in [0, 0.05) is 23.3 Å². The highest BCUT2D eigenvalue weighted by atomic mass is 16.3. The number of rotatable bonds is 5. The number of nitrogens with one attached hydrogen (secondary N) is 3. The van der Waals surface area contributed by atoms with Crippen molar-refractivity contribution in [2.45, 2.75) is 13.3 Å². The number of carbonyl (C=O) groups excluding carboxylic acids is 2. The lowest BCUT2D eigenvalue weighted by Gasteiger charge is -2.07. The molecule has 0 aliphatic carbocycles. The molecule has 0 radical (unpaired) electrons. The van der Waals surface area contributed by atoms with E-state index in [-0.39, 0.29) is 18.2 Å². The van der Waals surface area contributed by atoms with Crippen LogP contribution in [-0.2, 0) is 11.2 Å². The minimum Gasteiger partial charge on any atom is -0.469 e. The van der Waals surface area contributed by atoms with Crippen LogP contribution in [0, 0.1) is 6.92 Å². The van der Waals surface area contributed by atoms with Gasteiger partial charge in [-0.3, -0.25) is 9.59 Å². The van der Waals surface area contributed by atoms with E-state index in [1.165, 1.54) is 12.6 Å². The monoisotopic (exact) mass is 324 g/mol. The zero-order valence-electron chi connectivity index (χ0n) is 13.0. The smallest absolute Gasteiger partial charge is 0.258 e. The third-order valence-corrected chi connectivity index (χ3v) is 3.33. The maximum absolute atomic E-state index is 12.0. The number of nitrogens with zero attached hydrogens (tertiary/aromatic N) is 1. The maximum atomic E-state index is 12.0. The van der Waals surface area contributed by atoms with Gasteiger partial charge in [-0.15, -0.1) is 0 Å². The first-order valence-electron chi connectivity index (χ1n) is 7.34. The minimum absolute atomic E-state index is 0.148. The van der Waals surface area contributed by atoms with Gasteiger partial charge in [0.2, 0.25) is 5.91 Å². The first-order valence-corrected chi connectivity index (χ1v) is 7.34. The number of carbonyl (C=O) groups is 2. The molecule has 2 aromatic heterocycles. The molecule has 0 spiro atoms. The predicted octanol–water partition coefficient (Wildman–Crippen LogP) is 2.74. The van der Waals surface area contributed by atoms with Crippen LogP contribution >= 0.6 is 0 Å². The van der Waals surface area contributed by atoms with Gasteiger partial charge in [-0.05, 0) is 37.3 Å². The largest absolute Gasteiger partial charge is 0.469 e. The molecule has 1 aromatic carbocycles. The second-order valence-electron chi connectivity index (χ2n) is 5.28. The summed E-state index contributed by atoms with van der Waals surface area (Å²) < 4.78 is 5.11. The van der Waals surface area contributed by atoms with E-state index >= 15 is 0 Å². The molecule has 0 aliphatic heterocycles. The number of aromatic nitrogens is 2. The summed E-state index contributed by atoms with van der Waals surface area (Å²) in [5.74, 6) is 0.281. The highest BCUT2D eigenvalue weighted by Crippen LogP contribution is 2.16. The van der Waals surface area contributed by atoms with Crippen LogP contribution in [0.4, 0.5) is 11.4 Å². The number of hydrogen-bond acceptors (Lipinski definition) is 4. The van der Waals surface area contributed by atoms with Gasteiger partial charge < -0.3 is 20.0 Å². The molecular weight excluding hydrogens is 308 g/mol. The Morgan fingerprint density at radius 1 is 1.17 bits per heavy atom. The summed E-state index contributed by atoms with van der Waals surface area (Å²) in [5, 5.41) is 5.54. The van der Waals surface area contributed by atoms with Crippen LogP contribution in [0.15, 0.2) is 53.5 Å². The number of anilines is 2. The van der Waals surface area contributed by atoms with Crippen molar-refractivity contribution in [3.05, 3.63) is 66.1 Å². The van der Waals surface area contributed by atoms with E-state index in [1.807, 2.05) is 0 Å². The number of aryl methyl sites for hydroxylation is 1. The second-order valence-corrected chi connectivity index (χ2v) is 5.28. The Labute approximate surface area is 138 Å². The average molecular weight is 324 g/mol. The third kappa shape index (κ3) is 3.89. The number of H-pyrrole nitrogens is 1. The zero-order valence-corrected chi connectivity index (χ0v) is 13.0. The van der Waals surface area contributed by atoms with Crippen LogP contribution < -0.4 is 10.6 Å². The lowest BCUT2D eigenvalue weighted by atomic mass is 10.2. The molecule has 0 bridgehead atoms. The highest BCUT2D eigenvalue weighted by molar-refractivity contribution is 6.04. The minimum atomic E-state index is -0.247. The molecule has 0 saturated heterocycles. The summed E-state index contributed by atoms with van der Waals surface area (Å²) in [5.41, 5.74) is 2.48. The summed E-state index contributed by atoms with van der Waals surface area (Å²) in [6, 6.07) is 8.55. The maximum Gasteiger partial charge on any atom is 0.258 e. The number of furan rings is 1. The van der Waals surface area contributed by atoms with Gasteiger partial charge in [0.25, 0.3) is 5.91 Å². The van der Waals surface area contributed by atoms with Crippen molar-refractivity contribution < 1.29 is 14.0 Å². The molecule has 3 rings (SSSR count). The van der Waals surface area contributed by atoms with Crippen molar-refractivity contribution in [2.24, 2.45) is 0 Å². The summed E-state index contributed by atoms with van der Waals surface area (Å²) in [4.78, 5) is 30.6. The lowest BCUT2D eigenvalue weighted by Crippen LogP contribution is -2.15. The van der Waals surface area contributed by atoms with Crippen molar-refractivity contribution in [3.8, 4) is 0 Å². The first kappa shape index (κ1) is 15.5. The summed E-state index contributed by atoms with van der Waals surface area (Å²) >= 11 is 0. The molecule has 122 valence electrons. The molecule has 0 fully saturated rings. The van der Waals surface area contributed by atoms with E-state index in [2.05, 4.69) is 20.6 Å². The Hall–Kier alpha value is -3.35. The molecule has 2 heterocycles. The Morgan fingerprint density at radius 2 is 1.88 bits per heavy atom. The highest BCUT2D eigenvalue weighted by Gasteiger charge is 2.09. The molecule has 7 nitrogen and oxygen atoms in total. The van der Waals surface area contributed by atoms with Gasteiger partial charge in [0.05, 0.1) is 18.3 Å². The van der Waals surface area contributed by atoms with Gasteiger partial charge >= 0.3 is 0 Å². The third-order valence-electron chi connectivity index (χ3n) is 3.33. The van der Waals surface area contributed by atoms with Crippen LogP contribution in [0.5, 0.6) is 0 Å². The number of aromatic amines is 1. The Balaban J connectivity index is 1.57. The Morgan fingerprint density at radius 3 is 2.46 bits per heavy atom. The van der Waals surface area contributed by atoms with Crippen molar-refractivity contribution in [1.29, 1.82) is 0 Å². The van der Waals surface area contributed by atoms with Gasteiger partial charge in [-0.1, -0.05) is 0 Å². The fourth-order valence-electron chi connectivity index (χ4n) is 2.16. The second kappa shape index (κ2) is 6.82. The topological polar surface area (TPSA) is 100 Å². The summed E-state index contributed by atoms with van der Waals surface area (Å²) in [7, 11) is 0. The number of benzene rings is 1. The molecule has 0 saturated carbocycles. The van der Waals surface area contributed by atoms with Crippen molar-refractivity contribution >= 4 is 23.2 Å². The fourth-order valence-corrected chi connectivity index (χ4v) is 2.16. The van der Waals surface area contributed by atoms with E-state index in [0.717, 1.165) is 5.69 Å². The SMILES string of the molecule is Cc1cc(C(=O)Nc2ccc(NC(=O)Cc3cnc[nH]3)cc2)co1. The molecule has 24 heavy (non-hydrogen) atoms. The van der Waals surface area contributed by atoms with Crippen LogP contribution in [0.2, 0.25) is 0 Å². The molecule has 0 atom stereocenters. The van der Waals surface area contributed by atoms with Gasteiger partial charge in [-0.2, -0.15) is 0 Å². The standard InChI is InChI=1S/C17H16N4O3/c1-11-6-12(9-24-11)17(23)21-14-4-2-13(3-5-14)20-16(22)7-15-8-18-10-19-15/h2-6,8-10H,7H2,1H3,(H,18,19)(H,20,22)(H,21,23). The molecule has 2 amide bonds. The van der Waals surface area contributed by atoms with Crippen molar-refractivity contribution in [2.75, 3.05) is 10.6 Å². The van der Waals surface area contributed by atoms with Gasteiger partial charge in [0.15, 0.2) is 0 Å². The number of amides is 2. The summed E-state index contributed by atoms with van der Waals surface area (Å²) in [6.45, 7) is 1.78. The van der Waals surface area contributed by atoms with E-state index in [9.17, 15) is 9.59 Å². The normalized spacial score (nSPS) is 10.4. The van der Waals surface area contributed by atoms with Crippen LogP contribution in [0.3, 0.4) is 0 Å². The van der Waals surface area contributed by atoms with E-state index in [1.54, 1.807) is 43.5 Å². The first-order chi connectivity index (χ1) is 11.6. The molecule has 0 unspecified atom stereocenters. The molecule has 3 N–H and O–H groups in total. The zero-order chi connectivity index (χ0) is 16.9. The molecular formula is C17H16N4O3. The average Bonchev–Trinajstić information content (AvgIpc) is 3.21. The van der Waals surface area contributed by atoms with Crippen LogP contribution in [-0.4, -0.2) is 21.8 Å². The predicted molar refractivity (Wildman–Crippen MR) is 88.8 cm³/mol. The molecule has 3 aromatic rings. The van der Waals surface area contributed by atoms with Gasteiger partial charge in [0.1, 0.15) is 12.0 Å².